The average molecular weight is 276 g/mol. The molecule has 2 N–H and O–H groups in total. The zero-order valence-corrected chi connectivity index (χ0v) is 10.5. The van der Waals surface area contributed by atoms with Crippen LogP contribution in [-0.4, -0.2) is 19.5 Å². The molecule has 0 saturated heterocycles. The molecule has 0 bridgehead atoms. The predicted octanol–water partition coefficient (Wildman–Crippen LogP) is 1.97. The fraction of sp³-hybridized carbons (Fsp3) is 0.0833. The zero-order valence-electron chi connectivity index (χ0n) is 9.68. The van der Waals surface area contributed by atoms with Crippen LogP contribution in [0.25, 0.3) is 11.2 Å². The van der Waals surface area contributed by atoms with Crippen molar-refractivity contribution in [2.45, 2.75) is 6.54 Å². The maximum Gasteiger partial charge on any atom is 0.280 e. The molecule has 0 atom stereocenters. The lowest BCUT2D eigenvalue weighted by atomic mass is 10.2. The summed E-state index contributed by atoms with van der Waals surface area (Å²) in [6.45, 7) is 0.281. The highest BCUT2D eigenvalue weighted by molar-refractivity contribution is 7.71. The smallest absolute Gasteiger partial charge is 0.280 e. The first kappa shape index (κ1) is 11.8. The third-order valence-corrected chi connectivity index (χ3v) is 3.15. The number of hydrogen-bond donors (Lipinski definition) is 2. The number of halogens is 1. The lowest BCUT2D eigenvalue weighted by molar-refractivity contribution is 0.625. The average Bonchev–Trinajstić information content (AvgIpc) is 2.85. The van der Waals surface area contributed by atoms with Crippen molar-refractivity contribution < 1.29 is 4.39 Å². The molecule has 2 aromatic heterocycles. The number of benzene rings is 1. The Kier molecular flexibility index (Phi) is 2.75. The van der Waals surface area contributed by atoms with Crippen molar-refractivity contribution in [3.05, 3.63) is 57.1 Å². The standard InChI is InChI=1S/C12H9FN4OS/c13-8-3-1-7(2-4-8)5-17-11(18)9-10(15-6-14-9)16-12(17)19/h1-4,6H,5H2,(H,14,15)(H,16,19). The van der Waals surface area contributed by atoms with E-state index in [2.05, 4.69) is 15.0 Å². The first-order valence-electron chi connectivity index (χ1n) is 5.56. The van der Waals surface area contributed by atoms with Gasteiger partial charge in [-0.3, -0.25) is 9.36 Å². The second-order valence-corrected chi connectivity index (χ2v) is 4.46. The Balaban J connectivity index is 2.12. The number of nitrogens with zero attached hydrogens (tertiary/aromatic N) is 2. The molecule has 0 amide bonds. The minimum absolute atomic E-state index is 0.249. The Morgan fingerprint density at radius 1 is 1.32 bits per heavy atom. The zero-order chi connectivity index (χ0) is 13.4. The van der Waals surface area contributed by atoms with E-state index in [9.17, 15) is 9.18 Å². The SMILES string of the molecule is O=c1c2[nH]cnc2[nH]c(=S)n1Cc1ccc(F)cc1. The van der Waals surface area contributed by atoms with Gasteiger partial charge in [0.25, 0.3) is 5.56 Å². The molecular weight excluding hydrogens is 267 g/mol. The molecule has 0 saturated carbocycles. The maximum absolute atomic E-state index is 12.8. The molecule has 0 spiro atoms. The first-order valence-corrected chi connectivity index (χ1v) is 5.96. The maximum atomic E-state index is 12.8. The van der Waals surface area contributed by atoms with E-state index in [1.807, 2.05) is 0 Å². The van der Waals surface area contributed by atoms with Crippen LogP contribution in [0.4, 0.5) is 4.39 Å². The monoisotopic (exact) mass is 276 g/mol. The molecule has 96 valence electrons. The van der Waals surface area contributed by atoms with E-state index in [-0.39, 0.29) is 22.7 Å². The first-order chi connectivity index (χ1) is 9.15. The Morgan fingerprint density at radius 2 is 2.05 bits per heavy atom. The number of aromatic amines is 2. The van der Waals surface area contributed by atoms with E-state index in [4.69, 9.17) is 12.2 Å². The highest BCUT2D eigenvalue weighted by Gasteiger charge is 2.07. The van der Waals surface area contributed by atoms with Crippen molar-refractivity contribution in [3.8, 4) is 0 Å². The van der Waals surface area contributed by atoms with Gasteiger partial charge in [-0.05, 0) is 29.9 Å². The lowest BCUT2D eigenvalue weighted by Gasteiger charge is -2.06. The highest BCUT2D eigenvalue weighted by Crippen LogP contribution is 2.06. The molecule has 1 aromatic carbocycles. The number of nitrogens with one attached hydrogen (secondary N) is 2. The molecule has 0 fully saturated rings. The third-order valence-electron chi connectivity index (χ3n) is 2.82. The Hall–Kier alpha value is -2.28. The minimum atomic E-state index is -0.315. The van der Waals surface area contributed by atoms with E-state index >= 15 is 0 Å². The summed E-state index contributed by atoms with van der Waals surface area (Å²) in [7, 11) is 0. The third kappa shape index (κ3) is 2.08. The Morgan fingerprint density at radius 3 is 2.79 bits per heavy atom. The van der Waals surface area contributed by atoms with Gasteiger partial charge in [-0.25, -0.2) is 9.37 Å². The molecule has 0 aliphatic carbocycles. The lowest BCUT2D eigenvalue weighted by Crippen LogP contribution is -2.22. The summed E-state index contributed by atoms with van der Waals surface area (Å²) >= 11 is 5.14. The molecule has 2 heterocycles. The normalized spacial score (nSPS) is 11.0. The number of rotatable bonds is 2. The van der Waals surface area contributed by atoms with E-state index < -0.39 is 0 Å². The number of hydrogen-bond acceptors (Lipinski definition) is 3. The van der Waals surface area contributed by atoms with Gasteiger partial charge in [0.15, 0.2) is 10.4 Å². The van der Waals surface area contributed by atoms with Crippen molar-refractivity contribution in [1.29, 1.82) is 0 Å². The van der Waals surface area contributed by atoms with Crippen LogP contribution in [0.3, 0.4) is 0 Å². The Bertz CT molecular complexity index is 847. The molecule has 3 aromatic rings. The van der Waals surface area contributed by atoms with Crippen LogP contribution in [0.2, 0.25) is 0 Å². The van der Waals surface area contributed by atoms with Gasteiger partial charge >= 0.3 is 0 Å². The number of fused-ring (bicyclic) bond motifs is 1. The van der Waals surface area contributed by atoms with Crippen LogP contribution in [0.5, 0.6) is 0 Å². The molecule has 5 nitrogen and oxygen atoms in total. The summed E-state index contributed by atoms with van der Waals surface area (Å²) in [6, 6.07) is 5.94. The topological polar surface area (TPSA) is 66.5 Å². The highest BCUT2D eigenvalue weighted by atomic mass is 32.1. The summed E-state index contributed by atoms with van der Waals surface area (Å²) in [5, 5.41) is 0. The fourth-order valence-electron chi connectivity index (χ4n) is 1.86. The van der Waals surface area contributed by atoms with Gasteiger partial charge in [-0.2, -0.15) is 0 Å². The van der Waals surface area contributed by atoms with Gasteiger partial charge in [0, 0.05) is 0 Å². The molecule has 3 rings (SSSR count). The van der Waals surface area contributed by atoms with Crippen molar-refractivity contribution in [1.82, 2.24) is 19.5 Å². The summed E-state index contributed by atoms with van der Waals surface area (Å²) in [4.78, 5) is 21.8. The van der Waals surface area contributed by atoms with Gasteiger partial charge in [0.1, 0.15) is 11.3 Å². The summed E-state index contributed by atoms with van der Waals surface area (Å²) in [6.07, 6.45) is 1.43. The molecule has 0 aliphatic heterocycles. The van der Waals surface area contributed by atoms with Crippen LogP contribution < -0.4 is 5.56 Å². The van der Waals surface area contributed by atoms with Gasteiger partial charge in [-0.1, -0.05) is 12.1 Å². The van der Waals surface area contributed by atoms with Crippen LogP contribution in [0, 0.1) is 10.6 Å². The number of H-pyrrole nitrogens is 2. The predicted molar refractivity (Wildman–Crippen MR) is 71.0 cm³/mol. The van der Waals surface area contributed by atoms with E-state index in [0.717, 1.165) is 5.56 Å². The van der Waals surface area contributed by atoms with Crippen LogP contribution in [-0.2, 0) is 6.54 Å². The second kappa shape index (κ2) is 4.43. The van der Waals surface area contributed by atoms with Crippen LogP contribution >= 0.6 is 12.2 Å². The van der Waals surface area contributed by atoms with E-state index in [1.54, 1.807) is 12.1 Å². The molecular formula is C12H9FN4OS. The number of imidazole rings is 1. The van der Waals surface area contributed by atoms with E-state index in [1.165, 1.54) is 23.0 Å². The molecule has 19 heavy (non-hydrogen) atoms. The van der Waals surface area contributed by atoms with Gasteiger partial charge in [0.2, 0.25) is 0 Å². The fourth-order valence-corrected chi connectivity index (χ4v) is 2.11. The summed E-state index contributed by atoms with van der Waals surface area (Å²) in [5.41, 5.74) is 1.35. The minimum Gasteiger partial charge on any atom is -0.339 e. The summed E-state index contributed by atoms with van der Waals surface area (Å²) in [5.74, 6) is -0.315. The van der Waals surface area contributed by atoms with E-state index in [0.29, 0.717) is 11.2 Å². The van der Waals surface area contributed by atoms with Gasteiger partial charge in [-0.15, -0.1) is 0 Å². The van der Waals surface area contributed by atoms with Crippen molar-refractivity contribution in [2.24, 2.45) is 0 Å². The van der Waals surface area contributed by atoms with Gasteiger partial charge in [0.05, 0.1) is 12.9 Å². The molecule has 7 heteroatoms. The molecule has 0 radical (unpaired) electrons. The van der Waals surface area contributed by atoms with Crippen LogP contribution in [0.1, 0.15) is 5.56 Å². The largest absolute Gasteiger partial charge is 0.339 e. The number of aromatic nitrogens is 4. The summed E-state index contributed by atoms with van der Waals surface area (Å²) < 4.78 is 14.5. The van der Waals surface area contributed by atoms with Crippen LogP contribution in [0.15, 0.2) is 35.4 Å². The van der Waals surface area contributed by atoms with Crippen molar-refractivity contribution in [3.63, 3.8) is 0 Å². The van der Waals surface area contributed by atoms with Crippen molar-refractivity contribution in [2.75, 3.05) is 0 Å². The van der Waals surface area contributed by atoms with Crippen molar-refractivity contribution >= 4 is 23.4 Å². The van der Waals surface area contributed by atoms with Gasteiger partial charge < -0.3 is 9.97 Å². The molecule has 0 aliphatic rings. The Labute approximate surface area is 111 Å². The second-order valence-electron chi connectivity index (χ2n) is 4.07. The molecule has 0 unspecified atom stereocenters. The quantitative estimate of drug-likeness (QED) is 0.703.